The van der Waals surface area contributed by atoms with Crippen LogP contribution >= 0.6 is 0 Å². The van der Waals surface area contributed by atoms with E-state index in [1.165, 1.54) is 12.8 Å². The molecular formula is C16H27NO2. The maximum absolute atomic E-state index is 12.1. The molecule has 0 unspecified atom stereocenters. The van der Waals surface area contributed by atoms with Crippen molar-refractivity contribution in [3.8, 4) is 0 Å². The van der Waals surface area contributed by atoms with Gasteiger partial charge in [-0.3, -0.25) is 4.90 Å². The van der Waals surface area contributed by atoms with E-state index >= 15 is 0 Å². The molecule has 3 nitrogen and oxygen atoms in total. The highest BCUT2D eigenvalue weighted by molar-refractivity contribution is 5.71. The first kappa shape index (κ1) is 15.8. The van der Waals surface area contributed by atoms with Crippen LogP contribution in [0, 0.1) is 0 Å². The zero-order valence-electron chi connectivity index (χ0n) is 12.7. The Bertz CT molecular complexity index is 350. The van der Waals surface area contributed by atoms with Crippen molar-refractivity contribution in [2.24, 2.45) is 0 Å². The summed E-state index contributed by atoms with van der Waals surface area (Å²) < 4.78 is 5.45. The predicted molar refractivity (Wildman–Crippen MR) is 78.9 cm³/mol. The van der Waals surface area contributed by atoms with Crippen molar-refractivity contribution in [1.29, 1.82) is 0 Å². The second-order valence-corrected chi connectivity index (χ2v) is 5.95. The van der Waals surface area contributed by atoms with Crippen molar-refractivity contribution in [1.82, 2.24) is 4.90 Å². The van der Waals surface area contributed by atoms with E-state index in [0.29, 0.717) is 0 Å². The third-order valence-corrected chi connectivity index (χ3v) is 2.88. The number of allylic oxidation sites excluding steroid dienone is 3. The highest BCUT2D eigenvalue weighted by Crippen LogP contribution is 2.20. The summed E-state index contributed by atoms with van der Waals surface area (Å²) in [5.74, 6) is 0. The smallest absolute Gasteiger partial charge is 0.414 e. The number of ether oxygens (including phenoxy) is 1. The molecule has 0 N–H and O–H groups in total. The molecular weight excluding hydrogens is 238 g/mol. The summed E-state index contributed by atoms with van der Waals surface area (Å²) in [6, 6.07) is 0. The molecule has 0 aromatic carbocycles. The Morgan fingerprint density at radius 3 is 2.84 bits per heavy atom. The summed E-state index contributed by atoms with van der Waals surface area (Å²) in [4.78, 5) is 13.9. The van der Waals surface area contributed by atoms with Crippen LogP contribution in [0.3, 0.4) is 0 Å². The first-order valence-electron chi connectivity index (χ1n) is 7.31. The first-order valence-corrected chi connectivity index (χ1v) is 7.31. The number of carbonyl (C=O) groups is 1. The summed E-state index contributed by atoms with van der Waals surface area (Å²) in [5.41, 5.74) is 0.544. The molecule has 108 valence electrons. The Morgan fingerprint density at radius 1 is 1.47 bits per heavy atom. The minimum Gasteiger partial charge on any atom is -0.443 e. The normalized spacial score (nSPS) is 16.6. The van der Waals surface area contributed by atoms with Gasteiger partial charge < -0.3 is 4.74 Å². The van der Waals surface area contributed by atoms with Gasteiger partial charge in [0.15, 0.2) is 0 Å². The van der Waals surface area contributed by atoms with Crippen molar-refractivity contribution in [2.75, 3.05) is 6.54 Å². The van der Waals surface area contributed by atoms with Crippen LogP contribution in [0.4, 0.5) is 4.79 Å². The average molecular weight is 265 g/mol. The Balaban J connectivity index is 2.64. The summed E-state index contributed by atoms with van der Waals surface area (Å²) in [5, 5.41) is 0. The topological polar surface area (TPSA) is 29.5 Å². The highest BCUT2D eigenvalue weighted by Gasteiger charge is 2.24. The van der Waals surface area contributed by atoms with E-state index in [9.17, 15) is 4.79 Å². The van der Waals surface area contributed by atoms with E-state index in [4.69, 9.17) is 4.74 Å². The molecule has 0 aromatic heterocycles. The average Bonchev–Trinajstić information content (AvgIpc) is 2.33. The second-order valence-electron chi connectivity index (χ2n) is 5.95. The summed E-state index contributed by atoms with van der Waals surface area (Å²) in [6.07, 6.45) is 11.6. The third-order valence-electron chi connectivity index (χ3n) is 2.88. The molecule has 0 aliphatic carbocycles. The monoisotopic (exact) mass is 265 g/mol. The predicted octanol–water partition coefficient (Wildman–Crippen LogP) is 4.65. The molecule has 1 heterocycles. The van der Waals surface area contributed by atoms with Gasteiger partial charge in [-0.15, -0.1) is 0 Å². The second kappa shape index (κ2) is 7.37. The van der Waals surface area contributed by atoms with Crippen LogP contribution in [-0.2, 0) is 4.74 Å². The van der Waals surface area contributed by atoms with Crippen molar-refractivity contribution < 1.29 is 9.53 Å². The molecule has 0 atom stereocenters. The van der Waals surface area contributed by atoms with Gasteiger partial charge in [-0.25, -0.2) is 4.79 Å². The number of nitrogens with zero attached hydrogens (tertiary/aromatic N) is 1. The molecule has 0 spiro atoms. The fourth-order valence-corrected chi connectivity index (χ4v) is 1.94. The Morgan fingerprint density at radius 2 is 2.21 bits per heavy atom. The molecule has 1 amide bonds. The molecule has 1 rings (SSSR count). The number of rotatable bonds is 4. The van der Waals surface area contributed by atoms with Crippen LogP contribution in [0.2, 0.25) is 0 Å². The molecule has 0 saturated carbocycles. The summed E-state index contributed by atoms with van der Waals surface area (Å²) in [7, 11) is 0. The van der Waals surface area contributed by atoms with Crippen LogP contribution in [0.1, 0.15) is 59.8 Å². The van der Waals surface area contributed by atoms with Crippen LogP contribution in [0.15, 0.2) is 23.9 Å². The minimum atomic E-state index is -0.439. The molecule has 0 fully saturated rings. The highest BCUT2D eigenvalue weighted by atomic mass is 16.6. The van der Waals surface area contributed by atoms with Gasteiger partial charge in [0.2, 0.25) is 0 Å². The molecule has 19 heavy (non-hydrogen) atoms. The van der Waals surface area contributed by atoms with Crippen molar-refractivity contribution in [3.63, 3.8) is 0 Å². The lowest BCUT2D eigenvalue weighted by atomic mass is 10.1. The van der Waals surface area contributed by atoms with E-state index in [0.717, 1.165) is 31.5 Å². The summed E-state index contributed by atoms with van der Waals surface area (Å²) >= 11 is 0. The lowest BCUT2D eigenvalue weighted by Crippen LogP contribution is -2.37. The molecule has 0 radical (unpaired) electrons. The number of carbonyl (C=O) groups excluding carboxylic acids is 1. The van der Waals surface area contributed by atoms with E-state index < -0.39 is 5.60 Å². The number of amides is 1. The van der Waals surface area contributed by atoms with E-state index in [-0.39, 0.29) is 6.09 Å². The van der Waals surface area contributed by atoms with Crippen LogP contribution in [0.5, 0.6) is 0 Å². The standard InChI is InChI=1S/C16H27NO2/c1-5-6-7-8-11-14-12-9-10-13-17(14)15(18)19-16(2,3)4/h8,11-12H,5-7,9-10,13H2,1-4H3/b11-8+. The lowest BCUT2D eigenvalue weighted by molar-refractivity contribution is 0.0310. The number of hydrogen-bond acceptors (Lipinski definition) is 2. The zero-order chi connectivity index (χ0) is 14.3. The minimum absolute atomic E-state index is 0.237. The van der Waals surface area contributed by atoms with Gasteiger partial charge in [-0.1, -0.05) is 31.9 Å². The molecule has 0 saturated heterocycles. The maximum atomic E-state index is 12.1. The Kier molecular flexibility index (Phi) is 6.13. The van der Waals surface area contributed by atoms with Gasteiger partial charge in [0, 0.05) is 12.2 Å². The Hall–Kier alpha value is -1.25. The van der Waals surface area contributed by atoms with Gasteiger partial charge in [0.1, 0.15) is 5.60 Å². The van der Waals surface area contributed by atoms with Crippen molar-refractivity contribution in [2.45, 2.75) is 65.4 Å². The molecule has 1 aliphatic heterocycles. The van der Waals surface area contributed by atoms with Crippen LogP contribution in [-0.4, -0.2) is 23.1 Å². The van der Waals surface area contributed by atoms with E-state index in [2.05, 4.69) is 25.2 Å². The van der Waals surface area contributed by atoms with E-state index in [1.54, 1.807) is 4.90 Å². The number of unbranched alkanes of at least 4 members (excludes halogenated alkanes) is 2. The van der Waals surface area contributed by atoms with Crippen LogP contribution in [0.25, 0.3) is 0 Å². The summed E-state index contributed by atoms with van der Waals surface area (Å²) in [6.45, 7) is 8.62. The fraction of sp³-hybridized carbons (Fsp3) is 0.688. The van der Waals surface area contributed by atoms with Gasteiger partial charge in [0.05, 0.1) is 0 Å². The molecule has 0 aromatic rings. The lowest BCUT2D eigenvalue weighted by Gasteiger charge is -2.30. The zero-order valence-corrected chi connectivity index (χ0v) is 12.7. The van der Waals surface area contributed by atoms with Gasteiger partial charge in [0.25, 0.3) is 0 Å². The molecule has 3 heteroatoms. The maximum Gasteiger partial charge on any atom is 0.414 e. The molecule has 0 bridgehead atoms. The van der Waals surface area contributed by atoms with Crippen molar-refractivity contribution >= 4 is 6.09 Å². The largest absolute Gasteiger partial charge is 0.443 e. The van der Waals surface area contributed by atoms with Crippen molar-refractivity contribution in [3.05, 3.63) is 23.9 Å². The SMILES string of the molecule is CCCC/C=C/C1=CCCCN1C(=O)OC(C)(C)C. The van der Waals surface area contributed by atoms with Gasteiger partial charge in [-0.05, 0) is 46.1 Å². The molecule has 1 aliphatic rings. The number of hydrogen-bond donors (Lipinski definition) is 0. The Labute approximate surface area is 117 Å². The van der Waals surface area contributed by atoms with Crippen LogP contribution < -0.4 is 0 Å². The van der Waals surface area contributed by atoms with Gasteiger partial charge in [-0.2, -0.15) is 0 Å². The third kappa shape index (κ3) is 5.95. The van der Waals surface area contributed by atoms with Gasteiger partial charge >= 0.3 is 6.09 Å². The quantitative estimate of drug-likeness (QED) is 0.693. The fourth-order valence-electron chi connectivity index (χ4n) is 1.94. The van der Waals surface area contributed by atoms with E-state index in [1.807, 2.05) is 20.8 Å². The first-order chi connectivity index (χ1) is 8.94.